The fraction of sp³-hybridized carbons (Fsp3) is 0.750. The summed E-state index contributed by atoms with van der Waals surface area (Å²) in [6, 6.07) is 3.69. The first-order chi connectivity index (χ1) is 25.7. The van der Waals surface area contributed by atoms with E-state index in [4.69, 9.17) is 0 Å². The smallest absolute Gasteiger partial charge is 0.207 e. The summed E-state index contributed by atoms with van der Waals surface area (Å²) < 4.78 is 32.0. The average Bonchev–Trinajstić information content (AvgIpc) is 3.13. The summed E-state index contributed by atoms with van der Waals surface area (Å²) in [6.45, 7) is 13.3. The highest BCUT2D eigenvalue weighted by molar-refractivity contribution is 7.91. The van der Waals surface area contributed by atoms with Crippen LogP contribution in [-0.4, -0.2) is 18.6 Å². The third-order valence-electron chi connectivity index (χ3n) is 11.4. The highest BCUT2D eigenvalue weighted by atomic mass is 32.2. The zero-order chi connectivity index (χ0) is 38.9. The molecular weight excluding hydrogens is 673 g/mol. The lowest BCUT2D eigenvalue weighted by atomic mass is 9.91. The maximum absolute atomic E-state index is 16.0. The van der Waals surface area contributed by atoms with Crippen molar-refractivity contribution < 1.29 is 18.6 Å². The molecular formula is C48H82O4S. The van der Waals surface area contributed by atoms with Crippen LogP contribution < -0.4 is 0 Å². The monoisotopic (exact) mass is 755 g/mol. The first-order valence-electron chi connectivity index (χ1n) is 22.7. The van der Waals surface area contributed by atoms with Gasteiger partial charge in [-0.3, -0.25) is 0 Å². The number of aromatic hydroxyl groups is 2. The van der Waals surface area contributed by atoms with Crippen LogP contribution in [0.25, 0.3) is 0 Å². The lowest BCUT2D eigenvalue weighted by molar-refractivity contribution is 0.461. The van der Waals surface area contributed by atoms with Crippen molar-refractivity contribution in [2.24, 2.45) is 0 Å². The van der Waals surface area contributed by atoms with Gasteiger partial charge in [-0.1, -0.05) is 157 Å². The molecule has 0 bridgehead atoms. The molecule has 0 atom stereocenters. The highest BCUT2D eigenvalue weighted by Crippen LogP contribution is 2.43. The number of phenolic OH excluding ortho intramolecular Hbond substituents is 2. The van der Waals surface area contributed by atoms with Crippen LogP contribution in [0.3, 0.4) is 0 Å². The minimum absolute atomic E-state index is 0.290. The third kappa shape index (κ3) is 15.6. The summed E-state index contributed by atoms with van der Waals surface area (Å²) in [5.74, 6) is 0.580. The predicted octanol–water partition coefficient (Wildman–Crippen LogP) is 14.7. The lowest BCUT2D eigenvalue weighted by Gasteiger charge is -2.25. The van der Waals surface area contributed by atoms with Crippen LogP contribution in [0, 0.1) is 0 Å². The first-order valence-corrected chi connectivity index (χ1v) is 24.2. The number of sulfone groups is 1. The molecule has 53 heavy (non-hydrogen) atoms. The van der Waals surface area contributed by atoms with E-state index in [0.29, 0.717) is 59.8 Å². The molecule has 0 aromatic heterocycles. The van der Waals surface area contributed by atoms with Gasteiger partial charge in [0.15, 0.2) is 0 Å². The maximum Gasteiger partial charge on any atom is 0.207 e. The Kier molecular flexibility index (Phi) is 24.5. The Bertz CT molecular complexity index is 1290. The van der Waals surface area contributed by atoms with Crippen molar-refractivity contribution >= 4 is 9.84 Å². The molecule has 0 radical (unpaired) electrons. The molecule has 0 saturated heterocycles. The number of phenols is 2. The molecule has 2 N–H and O–H groups in total. The molecule has 0 aliphatic rings. The summed E-state index contributed by atoms with van der Waals surface area (Å²) in [4.78, 5) is 1.00. The number of hydrogen-bond acceptors (Lipinski definition) is 4. The van der Waals surface area contributed by atoms with E-state index >= 15 is 8.42 Å². The minimum atomic E-state index is -4.00. The molecule has 304 valence electrons. The van der Waals surface area contributed by atoms with E-state index in [1.807, 2.05) is 12.1 Å². The van der Waals surface area contributed by atoms with Gasteiger partial charge in [-0.2, -0.15) is 0 Å². The van der Waals surface area contributed by atoms with Gasteiger partial charge in [0.25, 0.3) is 0 Å². The molecule has 0 aliphatic carbocycles. The van der Waals surface area contributed by atoms with Crippen LogP contribution >= 0.6 is 0 Å². The van der Waals surface area contributed by atoms with E-state index < -0.39 is 9.84 Å². The summed E-state index contributed by atoms with van der Waals surface area (Å²) in [6.07, 6.45) is 29.5. The van der Waals surface area contributed by atoms with Crippen LogP contribution in [0.4, 0.5) is 0 Å². The zero-order valence-corrected chi connectivity index (χ0v) is 36.3. The van der Waals surface area contributed by atoms with Gasteiger partial charge in [-0.15, -0.1) is 0 Å². The van der Waals surface area contributed by atoms with Gasteiger partial charge in [-0.05, 0) is 123 Å². The molecule has 2 aromatic carbocycles. The quantitative estimate of drug-likeness (QED) is 0.0729. The van der Waals surface area contributed by atoms with Gasteiger partial charge in [0.1, 0.15) is 11.5 Å². The lowest BCUT2D eigenvalue weighted by Crippen LogP contribution is -2.18. The second kappa shape index (κ2) is 27.6. The average molecular weight is 755 g/mol. The van der Waals surface area contributed by atoms with Crippen molar-refractivity contribution in [3.05, 3.63) is 45.5 Å². The van der Waals surface area contributed by atoms with Crippen molar-refractivity contribution in [3.63, 3.8) is 0 Å². The molecule has 0 spiro atoms. The van der Waals surface area contributed by atoms with Crippen LogP contribution in [0.15, 0.2) is 21.9 Å². The number of hydrogen-bond donors (Lipinski definition) is 2. The summed E-state index contributed by atoms with van der Waals surface area (Å²) in [5.41, 5.74) is 5.09. The van der Waals surface area contributed by atoms with Gasteiger partial charge in [0.05, 0.1) is 9.79 Å². The van der Waals surface area contributed by atoms with E-state index in [-0.39, 0.29) is 0 Å². The molecule has 4 nitrogen and oxygen atoms in total. The molecule has 5 heteroatoms. The summed E-state index contributed by atoms with van der Waals surface area (Å²) in [7, 11) is -4.00. The molecule has 0 heterocycles. The SMILES string of the molecule is CCCCCCc1cc(O)c(CCCCCC)c(CCCCCC)c1S(=O)(=O)c1c(CCCCCC)cc(O)c(CCCCCC)c1CCCCCC. The fourth-order valence-corrected chi connectivity index (χ4v) is 10.6. The van der Waals surface area contributed by atoms with Crippen LogP contribution in [-0.2, 0) is 48.4 Å². The maximum atomic E-state index is 16.0. The van der Waals surface area contributed by atoms with Gasteiger partial charge in [-0.25, -0.2) is 8.42 Å². The third-order valence-corrected chi connectivity index (χ3v) is 13.5. The van der Waals surface area contributed by atoms with E-state index in [2.05, 4.69) is 41.5 Å². The van der Waals surface area contributed by atoms with Crippen molar-refractivity contribution in [2.75, 3.05) is 0 Å². The van der Waals surface area contributed by atoms with E-state index in [1.54, 1.807) is 0 Å². The molecule has 0 saturated carbocycles. The number of aryl methyl sites for hydroxylation is 2. The molecule has 2 aromatic rings. The second-order valence-electron chi connectivity index (χ2n) is 16.0. The molecule has 0 amide bonds. The number of rotatable bonds is 32. The Balaban J connectivity index is 3.02. The van der Waals surface area contributed by atoms with Gasteiger partial charge in [0, 0.05) is 0 Å². The van der Waals surface area contributed by atoms with Crippen molar-refractivity contribution in [1.29, 1.82) is 0 Å². The normalized spacial score (nSPS) is 11.9. The molecule has 0 fully saturated rings. The standard InChI is InChI=1S/C48H82O4S/c1-7-13-19-25-31-39-37-45(49)41(33-27-21-15-9-3)43(35-29-23-17-11-5)47(39)53(51,52)48-40(32-26-20-14-8-2)38-46(50)42(34-28-22-16-10-4)44(48)36-30-24-18-12-6/h37-38,49-50H,7-36H2,1-6H3. The van der Waals surface area contributed by atoms with E-state index in [9.17, 15) is 10.2 Å². The Morgan fingerprint density at radius 3 is 0.868 bits per heavy atom. The van der Waals surface area contributed by atoms with E-state index in [0.717, 1.165) is 187 Å². The number of benzene rings is 2. The van der Waals surface area contributed by atoms with Crippen LogP contribution in [0.2, 0.25) is 0 Å². The minimum Gasteiger partial charge on any atom is -0.508 e. The van der Waals surface area contributed by atoms with Gasteiger partial charge < -0.3 is 10.2 Å². The first kappa shape index (κ1) is 47.1. The van der Waals surface area contributed by atoms with Crippen LogP contribution in [0.5, 0.6) is 11.5 Å². The van der Waals surface area contributed by atoms with Crippen molar-refractivity contribution in [3.8, 4) is 11.5 Å². The Morgan fingerprint density at radius 1 is 0.358 bits per heavy atom. The summed E-state index contributed by atoms with van der Waals surface area (Å²) >= 11 is 0. The highest BCUT2D eigenvalue weighted by Gasteiger charge is 2.34. The molecule has 0 unspecified atom stereocenters. The predicted molar refractivity (Wildman–Crippen MR) is 229 cm³/mol. The molecule has 2 rings (SSSR count). The Hall–Kier alpha value is -2.01. The Morgan fingerprint density at radius 2 is 0.604 bits per heavy atom. The number of unbranched alkanes of at least 4 members (excludes halogenated alkanes) is 18. The zero-order valence-electron chi connectivity index (χ0n) is 35.5. The summed E-state index contributed by atoms with van der Waals surface area (Å²) in [5, 5.41) is 23.5. The van der Waals surface area contributed by atoms with E-state index in [1.165, 1.54) is 0 Å². The fourth-order valence-electron chi connectivity index (χ4n) is 8.23. The van der Waals surface area contributed by atoms with Crippen molar-refractivity contribution in [2.45, 2.75) is 244 Å². The van der Waals surface area contributed by atoms with Crippen molar-refractivity contribution in [1.82, 2.24) is 0 Å². The topological polar surface area (TPSA) is 74.6 Å². The second-order valence-corrected chi connectivity index (χ2v) is 17.9. The van der Waals surface area contributed by atoms with Gasteiger partial charge >= 0.3 is 0 Å². The van der Waals surface area contributed by atoms with Gasteiger partial charge in [0.2, 0.25) is 9.84 Å². The van der Waals surface area contributed by atoms with Crippen LogP contribution in [0.1, 0.15) is 229 Å². The molecule has 0 aliphatic heterocycles. The largest absolute Gasteiger partial charge is 0.508 e. The Labute approximate surface area is 328 Å².